The molecule has 4 heteroatoms. The van der Waals surface area contributed by atoms with Crippen molar-refractivity contribution in [2.24, 2.45) is 0 Å². The lowest BCUT2D eigenvalue weighted by Crippen LogP contribution is -1.96. The monoisotopic (exact) mass is 228 g/mol. The van der Waals surface area contributed by atoms with Gasteiger partial charge in [-0.15, -0.1) is 11.3 Å². The second-order valence-electron chi connectivity index (χ2n) is 3.01. The van der Waals surface area contributed by atoms with E-state index in [4.69, 9.17) is 16.0 Å². The third-order valence-corrected chi connectivity index (χ3v) is 3.30. The molecule has 1 unspecified atom stereocenters. The van der Waals surface area contributed by atoms with Gasteiger partial charge < -0.3 is 9.52 Å². The largest absolute Gasteiger partial charge is 0.466 e. The molecule has 2 nitrogen and oxygen atoms in total. The number of halogens is 1. The lowest BCUT2D eigenvalue weighted by molar-refractivity contribution is 0.192. The topological polar surface area (TPSA) is 33.4 Å². The van der Waals surface area contributed by atoms with E-state index in [-0.39, 0.29) is 0 Å². The highest BCUT2D eigenvalue weighted by Gasteiger charge is 2.17. The van der Waals surface area contributed by atoms with E-state index < -0.39 is 6.10 Å². The molecule has 0 bridgehead atoms. The first kappa shape index (κ1) is 9.77. The van der Waals surface area contributed by atoms with Gasteiger partial charge in [-0.1, -0.05) is 11.6 Å². The molecule has 0 aliphatic carbocycles. The molecule has 1 N–H and O–H groups in total. The second kappa shape index (κ2) is 3.77. The second-order valence-corrected chi connectivity index (χ2v) is 4.76. The van der Waals surface area contributed by atoms with E-state index in [9.17, 15) is 5.11 Å². The Morgan fingerprint density at radius 2 is 2.21 bits per heavy atom. The molecule has 0 fully saturated rings. The van der Waals surface area contributed by atoms with Gasteiger partial charge in [0.1, 0.15) is 11.9 Å². The van der Waals surface area contributed by atoms with Gasteiger partial charge in [0.25, 0.3) is 0 Å². The van der Waals surface area contributed by atoms with Gasteiger partial charge in [0, 0.05) is 4.88 Å². The van der Waals surface area contributed by atoms with Crippen LogP contribution in [0.2, 0.25) is 4.34 Å². The quantitative estimate of drug-likeness (QED) is 0.855. The van der Waals surface area contributed by atoms with E-state index >= 15 is 0 Å². The highest BCUT2D eigenvalue weighted by atomic mass is 35.5. The summed E-state index contributed by atoms with van der Waals surface area (Å²) < 4.78 is 5.87. The van der Waals surface area contributed by atoms with Crippen LogP contribution in [0.25, 0.3) is 0 Å². The molecule has 0 aromatic carbocycles. The molecule has 0 spiro atoms. The van der Waals surface area contributed by atoms with E-state index in [0.29, 0.717) is 10.1 Å². The van der Waals surface area contributed by atoms with Crippen molar-refractivity contribution in [3.05, 3.63) is 45.0 Å². The first-order chi connectivity index (χ1) is 6.68. The van der Waals surface area contributed by atoms with E-state index in [1.807, 2.05) is 13.0 Å². The van der Waals surface area contributed by atoms with Gasteiger partial charge in [-0.25, -0.2) is 0 Å². The molecule has 0 saturated heterocycles. The van der Waals surface area contributed by atoms with Crippen LogP contribution >= 0.6 is 22.9 Å². The SMILES string of the molecule is Cc1ccoc1C(O)c1ccc(Cl)s1. The minimum Gasteiger partial charge on any atom is -0.466 e. The van der Waals surface area contributed by atoms with Gasteiger partial charge in [0.05, 0.1) is 10.6 Å². The Morgan fingerprint density at radius 1 is 1.43 bits per heavy atom. The molecule has 2 aromatic heterocycles. The van der Waals surface area contributed by atoms with Crippen molar-refractivity contribution in [2.45, 2.75) is 13.0 Å². The summed E-state index contributed by atoms with van der Waals surface area (Å²) in [5, 5.41) is 9.93. The summed E-state index contributed by atoms with van der Waals surface area (Å²) >= 11 is 7.14. The van der Waals surface area contributed by atoms with Crippen LogP contribution in [-0.4, -0.2) is 5.11 Å². The first-order valence-electron chi connectivity index (χ1n) is 4.16. The zero-order valence-electron chi connectivity index (χ0n) is 7.53. The minimum atomic E-state index is -0.706. The molecular formula is C10H9ClO2S. The van der Waals surface area contributed by atoms with Crippen LogP contribution < -0.4 is 0 Å². The highest BCUT2D eigenvalue weighted by molar-refractivity contribution is 7.16. The predicted octanol–water partition coefficient (Wildman–Crippen LogP) is 3.38. The number of hydrogen-bond donors (Lipinski definition) is 1. The van der Waals surface area contributed by atoms with Crippen LogP contribution in [0.1, 0.15) is 22.3 Å². The van der Waals surface area contributed by atoms with Crippen LogP contribution in [0.3, 0.4) is 0 Å². The van der Waals surface area contributed by atoms with Crippen molar-refractivity contribution in [3.8, 4) is 0 Å². The summed E-state index contributed by atoms with van der Waals surface area (Å²) in [6.07, 6.45) is 0.867. The Bertz CT molecular complexity index is 433. The maximum atomic E-state index is 9.93. The standard InChI is InChI=1S/C10H9ClO2S/c1-6-4-5-13-10(6)9(12)7-2-3-8(11)14-7/h2-5,9,12H,1H3. The van der Waals surface area contributed by atoms with Crippen LogP contribution in [-0.2, 0) is 0 Å². The fraction of sp³-hybridized carbons (Fsp3) is 0.200. The van der Waals surface area contributed by atoms with E-state index in [2.05, 4.69) is 0 Å². The Morgan fingerprint density at radius 3 is 2.71 bits per heavy atom. The Labute approximate surface area is 90.8 Å². The van der Waals surface area contributed by atoms with Gasteiger partial charge in [-0.2, -0.15) is 0 Å². The Hall–Kier alpha value is -0.770. The molecular weight excluding hydrogens is 220 g/mol. The number of hydrogen-bond acceptors (Lipinski definition) is 3. The van der Waals surface area contributed by atoms with Crippen molar-refractivity contribution in [3.63, 3.8) is 0 Å². The zero-order valence-corrected chi connectivity index (χ0v) is 9.10. The van der Waals surface area contributed by atoms with E-state index in [0.717, 1.165) is 10.4 Å². The van der Waals surface area contributed by atoms with Crippen molar-refractivity contribution in [2.75, 3.05) is 0 Å². The molecule has 0 radical (unpaired) electrons. The van der Waals surface area contributed by atoms with Crippen LogP contribution in [0.15, 0.2) is 28.9 Å². The fourth-order valence-corrected chi connectivity index (χ4v) is 2.32. The Kier molecular flexibility index (Phi) is 2.63. The van der Waals surface area contributed by atoms with Gasteiger partial charge in [-0.05, 0) is 30.7 Å². The summed E-state index contributed by atoms with van der Waals surface area (Å²) in [5.74, 6) is 0.587. The predicted molar refractivity (Wildman–Crippen MR) is 56.8 cm³/mol. The maximum Gasteiger partial charge on any atom is 0.146 e. The molecule has 1 atom stereocenters. The highest BCUT2D eigenvalue weighted by Crippen LogP contribution is 2.32. The first-order valence-corrected chi connectivity index (χ1v) is 5.35. The maximum absolute atomic E-state index is 9.93. The molecule has 0 aliphatic rings. The summed E-state index contributed by atoms with van der Waals surface area (Å²) in [5.41, 5.74) is 0.946. The van der Waals surface area contributed by atoms with Crippen LogP contribution in [0.4, 0.5) is 0 Å². The van der Waals surface area contributed by atoms with Crippen LogP contribution in [0.5, 0.6) is 0 Å². The minimum absolute atomic E-state index is 0.587. The zero-order chi connectivity index (χ0) is 10.1. The number of rotatable bonds is 2. The fourth-order valence-electron chi connectivity index (χ4n) is 1.27. The molecule has 2 heterocycles. The van der Waals surface area contributed by atoms with Crippen LogP contribution in [0, 0.1) is 6.92 Å². The van der Waals surface area contributed by atoms with E-state index in [1.54, 1.807) is 18.4 Å². The van der Waals surface area contributed by atoms with Crippen molar-refractivity contribution in [1.82, 2.24) is 0 Å². The van der Waals surface area contributed by atoms with Crippen molar-refractivity contribution < 1.29 is 9.52 Å². The summed E-state index contributed by atoms with van der Waals surface area (Å²) in [4.78, 5) is 0.799. The third kappa shape index (κ3) is 1.71. The number of aryl methyl sites for hydroxylation is 1. The third-order valence-electron chi connectivity index (χ3n) is 2.01. The van der Waals surface area contributed by atoms with Gasteiger partial charge in [0.2, 0.25) is 0 Å². The molecule has 74 valence electrons. The molecule has 0 aliphatic heterocycles. The van der Waals surface area contributed by atoms with Gasteiger partial charge >= 0.3 is 0 Å². The smallest absolute Gasteiger partial charge is 0.146 e. The van der Waals surface area contributed by atoms with Gasteiger partial charge in [0.15, 0.2) is 0 Å². The Balaban J connectivity index is 2.33. The van der Waals surface area contributed by atoms with Crippen molar-refractivity contribution in [1.29, 1.82) is 0 Å². The molecule has 0 saturated carbocycles. The van der Waals surface area contributed by atoms with Crippen molar-refractivity contribution >= 4 is 22.9 Å². The van der Waals surface area contributed by atoms with Gasteiger partial charge in [-0.3, -0.25) is 0 Å². The summed E-state index contributed by atoms with van der Waals surface area (Å²) in [6.45, 7) is 1.90. The number of aliphatic hydroxyl groups is 1. The molecule has 14 heavy (non-hydrogen) atoms. The molecule has 2 aromatic rings. The van der Waals surface area contributed by atoms with E-state index in [1.165, 1.54) is 11.3 Å². The average molecular weight is 229 g/mol. The lowest BCUT2D eigenvalue weighted by Gasteiger charge is -2.05. The average Bonchev–Trinajstić information content (AvgIpc) is 2.73. The summed E-state index contributed by atoms with van der Waals surface area (Å²) in [7, 11) is 0. The molecule has 2 rings (SSSR count). The number of aliphatic hydroxyl groups excluding tert-OH is 1. The lowest BCUT2D eigenvalue weighted by atomic mass is 10.1. The summed E-state index contributed by atoms with van der Waals surface area (Å²) in [6, 6.07) is 5.40. The molecule has 0 amide bonds. The normalized spacial score (nSPS) is 13.1. The number of thiophene rings is 1. The number of furan rings is 1.